The topological polar surface area (TPSA) is 42.4 Å². The van der Waals surface area contributed by atoms with Gasteiger partial charge in [-0.05, 0) is 64.4 Å². The molecule has 1 atom stereocenters. The molecule has 0 bridgehead atoms. The van der Waals surface area contributed by atoms with E-state index in [-0.39, 0.29) is 5.82 Å². The van der Waals surface area contributed by atoms with E-state index in [0.717, 1.165) is 60.8 Å². The highest BCUT2D eigenvalue weighted by molar-refractivity contribution is 7.16. The molecule has 1 fully saturated rings. The van der Waals surface area contributed by atoms with Crippen molar-refractivity contribution < 1.29 is 8.78 Å². The van der Waals surface area contributed by atoms with E-state index in [0.29, 0.717) is 5.84 Å². The van der Waals surface area contributed by atoms with Crippen LogP contribution in [0.3, 0.4) is 0 Å². The van der Waals surface area contributed by atoms with Crippen LogP contribution in [0.2, 0.25) is 0 Å². The molecule has 4 nitrogen and oxygen atoms in total. The summed E-state index contributed by atoms with van der Waals surface area (Å²) in [6, 6.07) is 8.84. The van der Waals surface area contributed by atoms with Gasteiger partial charge in [0.25, 0.3) is 0 Å². The fourth-order valence-corrected chi connectivity index (χ4v) is 4.15. The highest BCUT2D eigenvalue weighted by Crippen LogP contribution is 2.31. The molecule has 1 unspecified atom stereocenters. The number of thiophene rings is 1. The molecular weight excluding hydrogens is 462 g/mol. The lowest BCUT2D eigenvalue weighted by Crippen LogP contribution is -2.47. The first-order chi connectivity index (χ1) is 16.6. The first kappa shape index (κ1) is 30.5. The van der Waals surface area contributed by atoms with Crippen molar-refractivity contribution in [3.8, 4) is 0 Å². The average Bonchev–Trinajstić information content (AvgIpc) is 3.27. The van der Waals surface area contributed by atoms with Crippen molar-refractivity contribution in [1.82, 2.24) is 9.80 Å². The molecule has 1 aromatic heterocycles. The summed E-state index contributed by atoms with van der Waals surface area (Å²) in [6.07, 6.45) is 4.38. The molecule has 0 aliphatic carbocycles. The van der Waals surface area contributed by atoms with Gasteiger partial charge in [-0.1, -0.05) is 38.1 Å². The van der Waals surface area contributed by atoms with E-state index in [2.05, 4.69) is 54.7 Å². The van der Waals surface area contributed by atoms with E-state index in [1.807, 2.05) is 19.9 Å². The lowest BCUT2D eigenvalue weighted by atomic mass is 10.2. The van der Waals surface area contributed by atoms with Crippen LogP contribution in [0.1, 0.15) is 50.6 Å². The normalized spacial score (nSPS) is 14.7. The van der Waals surface area contributed by atoms with Crippen LogP contribution in [-0.4, -0.2) is 55.0 Å². The number of halogens is 2. The fraction of sp³-hybridized carbons (Fsp3) is 0.464. The lowest BCUT2D eigenvalue weighted by molar-refractivity contribution is 0.215. The number of rotatable bonds is 6. The summed E-state index contributed by atoms with van der Waals surface area (Å²) in [6.45, 7) is 16.8. The Hall–Kier alpha value is -2.51. The second kappa shape index (κ2) is 16.2. The molecule has 0 spiro atoms. The Morgan fingerprint density at radius 1 is 1.20 bits per heavy atom. The van der Waals surface area contributed by atoms with Gasteiger partial charge in [-0.2, -0.15) is 0 Å². The van der Waals surface area contributed by atoms with E-state index >= 15 is 0 Å². The van der Waals surface area contributed by atoms with Crippen LogP contribution in [0, 0.1) is 11.2 Å². The van der Waals surface area contributed by atoms with E-state index in [4.69, 9.17) is 5.41 Å². The summed E-state index contributed by atoms with van der Waals surface area (Å²) >= 11 is 1.77. The molecule has 35 heavy (non-hydrogen) atoms. The van der Waals surface area contributed by atoms with Crippen LogP contribution in [0.5, 0.6) is 0 Å². The van der Waals surface area contributed by atoms with Crippen molar-refractivity contribution in [3.05, 3.63) is 76.6 Å². The monoisotopic (exact) mass is 504 g/mol. The predicted octanol–water partition coefficient (Wildman–Crippen LogP) is 7.14. The van der Waals surface area contributed by atoms with Gasteiger partial charge in [0.05, 0.1) is 5.56 Å². The summed E-state index contributed by atoms with van der Waals surface area (Å²) in [4.78, 5) is 5.84. The highest BCUT2D eigenvalue weighted by Gasteiger charge is 2.21. The second-order valence-electron chi connectivity index (χ2n) is 8.44. The number of allylic oxidation sites excluding steroid dienone is 3. The van der Waals surface area contributed by atoms with E-state index < -0.39 is 6.17 Å². The first-order valence-electron chi connectivity index (χ1n) is 12.2. The van der Waals surface area contributed by atoms with Gasteiger partial charge in [-0.3, -0.25) is 5.41 Å². The molecule has 194 valence electrons. The number of benzene rings is 1. The number of likely N-dealkylation sites (N-methyl/N-ethyl adjacent to an activating group) is 1. The van der Waals surface area contributed by atoms with Gasteiger partial charge in [0, 0.05) is 36.8 Å². The third-order valence-electron chi connectivity index (χ3n) is 5.57. The quantitative estimate of drug-likeness (QED) is 0.250. The Morgan fingerprint density at radius 2 is 1.83 bits per heavy atom. The number of hydrogen-bond donors (Lipinski definition) is 2. The Morgan fingerprint density at radius 3 is 2.29 bits per heavy atom. The lowest BCUT2D eigenvalue weighted by Gasteiger charge is -2.34. The smallest absolute Gasteiger partial charge is 0.131 e. The number of nitrogens with zero attached hydrogens (tertiary/aromatic N) is 2. The summed E-state index contributed by atoms with van der Waals surface area (Å²) in [5.74, 6) is 0.514. The average molecular weight is 505 g/mol. The Kier molecular flexibility index (Phi) is 14.1. The zero-order valence-electron chi connectivity index (χ0n) is 22.1. The Labute approximate surface area is 214 Å². The van der Waals surface area contributed by atoms with Gasteiger partial charge in [-0.25, -0.2) is 8.78 Å². The number of hydrogen-bond acceptors (Lipinski definition) is 4. The third-order valence-corrected chi connectivity index (χ3v) is 6.77. The zero-order valence-corrected chi connectivity index (χ0v) is 22.9. The molecule has 1 saturated heterocycles. The van der Waals surface area contributed by atoms with E-state index in [9.17, 15) is 8.78 Å². The number of alkyl halides is 1. The maximum Gasteiger partial charge on any atom is 0.131 e. The maximum absolute atomic E-state index is 12.4. The SMILES string of the molecule is C/C=C(\C)Nc1sc(CC)cc1C(=N)N1CCN(C)CC1.C=CC(C)F.CCc1cccc(F)c1. The van der Waals surface area contributed by atoms with Crippen molar-refractivity contribution in [2.75, 3.05) is 38.5 Å². The second-order valence-corrected chi connectivity index (χ2v) is 9.58. The summed E-state index contributed by atoms with van der Waals surface area (Å²) in [5, 5.41) is 13.1. The van der Waals surface area contributed by atoms with Crippen LogP contribution >= 0.6 is 11.3 Å². The molecule has 1 aromatic carbocycles. The minimum atomic E-state index is -0.852. The van der Waals surface area contributed by atoms with Gasteiger partial charge >= 0.3 is 0 Å². The predicted molar refractivity (Wildman–Crippen MR) is 149 cm³/mol. The van der Waals surface area contributed by atoms with Crippen LogP contribution in [-0.2, 0) is 12.8 Å². The number of amidine groups is 1. The van der Waals surface area contributed by atoms with Gasteiger partial charge in [-0.15, -0.1) is 17.9 Å². The van der Waals surface area contributed by atoms with E-state index in [1.54, 1.807) is 23.5 Å². The van der Waals surface area contributed by atoms with Crippen molar-refractivity contribution in [1.29, 1.82) is 5.41 Å². The maximum atomic E-state index is 12.4. The summed E-state index contributed by atoms with van der Waals surface area (Å²) in [5.41, 5.74) is 3.23. The van der Waals surface area contributed by atoms with E-state index in [1.165, 1.54) is 23.9 Å². The zero-order chi connectivity index (χ0) is 26.4. The van der Waals surface area contributed by atoms with Crippen LogP contribution < -0.4 is 5.32 Å². The molecule has 1 aliphatic rings. The van der Waals surface area contributed by atoms with Crippen molar-refractivity contribution in [2.24, 2.45) is 0 Å². The highest BCUT2D eigenvalue weighted by atomic mass is 32.1. The number of piperazine rings is 1. The fourth-order valence-electron chi connectivity index (χ4n) is 3.09. The molecule has 0 radical (unpaired) electrons. The molecule has 0 saturated carbocycles. The largest absolute Gasteiger partial charge is 0.354 e. The minimum Gasteiger partial charge on any atom is -0.354 e. The van der Waals surface area contributed by atoms with Crippen LogP contribution in [0.25, 0.3) is 0 Å². The molecule has 2 heterocycles. The summed E-state index contributed by atoms with van der Waals surface area (Å²) < 4.78 is 23.7. The van der Waals surface area contributed by atoms with Crippen molar-refractivity contribution >= 4 is 22.2 Å². The summed E-state index contributed by atoms with van der Waals surface area (Å²) in [7, 11) is 2.14. The minimum absolute atomic E-state index is 0.144. The van der Waals surface area contributed by atoms with Gasteiger partial charge in [0.1, 0.15) is 22.8 Å². The Bertz CT molecular complexity index is 944. The van der Waals surface area contributed by atoms with Gasteiger partial charge in [0.15, 0.2) is 0 Å². The molecule has 0 amide bonds. The van der Waals surface area contributed by atoms with Gasteiger partial charge < -0.3 is 15.1 Å². The van der Waals surface area contributed by atoms with Crippen molar-refractivity contribution in [2.45, 2.75) is 53.6 Å². The molecule has 7 heteroatoms. The van der Waals surface area contributed by atoms with Gasteiger partial charge in [0.2, 0.25) is 0 Å². The number of aryl methyl sites for hydroxylation is 2. The first-order valence-corrected chi connectivity index (χ1v) is 13.0. The number of anilines is 1. The Balaban J connectivity index is 0.000000359. The van der Waals surface area contributed by atoms with Crippen molar-refractivity contribution in [3.63, 3.8) is 0 Å². The molecule has 1 aliphatic heterocycles. The molecular formula is C28H42F2N4S. The molecule has 2 N–H and O–H groups in total. The third kappa shape index (κ3) is 11.2. The molecule has 3 rings (SSSR count). The van der Waals surface area contributed by atoms with Crippen LogP contribution in [0.15, 0.2) is 54.8 Å². The van der Waals surface area contributed by atoms with Crippen LogP contribution in [0.4, 0.5) is 13.8 Å². The molecule has 2 aromatic rings. The number of nitrogens with one attached hydrogen (secondary N) is 2. The standard InChI is InChI=1S/C16H26N4S.C8H9F.C4H7F/c1-5-12(3)18-16-14(11-13(6-2)21-16)15(17)20-9-7-19(4)8-10-20;1-2-7-4-3-5-8(9)6-7;1-3-4(2)5/h5,11,17-18H,6-10H2,1-4H3;3-6H,2H2,1H3;3-4H,1H2,2H3/b12-5+,17-15?;;.